The Kier molecular flexibility index (Phi) is 8.25. The first kappa shape index (κ1) is 25.7. The van der Waals surface area contributed by atoms with Crippen LogP contribution in [0.4, 0.5) is 4.79 Å². The van der Waals surface area contributed by atoms with Crippen LogP contribution in [-0.4, -0.2) is 89.2 Å². The number of rotatable bonds is 7. The van der Waals surface area contributed by atoms with Gasteiger partial charge in [-0.25, -0.2) is 4.79 Å². The Bertz CT molecular complexity index is 1070. The summed E-state index contributed by atoms with van der Waals surface area (Å²) < 4.78 is 7.32. The molecule has 2 aliphatic heterocycles. The summed E-state index contributed by atoms with van der Waals surface area (Å²) >= 11 is 0. The van der Waals surface area contributed by atoms with Gasteiger partial charge in [-0.2, -0.15) is 5.10 Å². The Morgan fingerprint density at radius 2 is 1.89 bits per heavy atom. The topological polar surface area (TPSA) is 100 Å². The molecular weight excluding hydrogens is 460 g/mol. The molecule has 0 spiro atoms. The molecule has 1 aromatic carbocycles. The highest BCUT2D eigenvalue weighted by atomic mass is 16.6. The highest BCUT2D eigenvalue weighted by Gasteiger charge is 2.36. The lowest BCUT2D eigenvalue weighted by molar-refractivity contribution is -0.139. The predicted molar refractivity (Wildman–Crippen MR) is 134 cm³/mol. The number of piperidine rings is 1. The van der Waals surface area contributed by atoms with E-state index in [4.69, 9.17) is 4.74 Å². The number of benzene rings is 1. The summed E-state index contributed by atoms with van der Waals surface area (Å²) in [7, 11) is 3.90. The smallest absolute Gasteiger partial charge is 0.410 e. The summed E-state index contributed by atoms with van der Waals surface area (Å²) in [6.45, 7) is 5.97. The molecule has 2 unspecified atom stereocenters. The standard InChI is InChI=1S/C26H36N6O4/c1-19-13-21(16-31(15-19)26(35)36-18-20-7-5-4-6-8-20)25(34)30-11-12-32-22(17-30)14-23(28-32)24(33)27-9-10-29(2)3/h4-8,14,19,21H,9-13,15-18H2,1-3H3,(H,27,33). The number of carbonyl (C=O) groups excluding carboxylic acids is 3. The zero-order chi connectivity index (χ0) is 25.7. The molecule has 0 saturated carbocycles. The molecule has 3 heterocycles. The fraction of sp³-hybridized carbons (Fsp3) is 0.538. The van der Waals surface area contributed by atoms with Gasteiger partial charge in [0.1, 0.15) is 6.61 Å². The molecule has 1 fully saturated rings. The molecule has 1 N–H and O–H groups in total. The van der Waals surface area contributed by atoms with Gasteiger partial charge >= 0.3 is 6.09 Å². The number of nitrogens with zero attached hydrogens (tertiary/aromatic N) is 5. The maximum Gasteiger partial charge on any atom is 0.410 e. The molecule has 10 nitrogen and oxygen atoms in total. The highest BCUT2D eigenvalue weighted by molar-refractivity contribution is 5.92. The van der Waals surface area contributed by atoms with Crippen LogP contribution in [0.1, 0.15) is 35.1 Å². The monoisotopic (exact) mass is 496 g/mol. The molecule has 0 radical (unpaired) electrons. The Labute approximate surface area is 212 Å². The van der Waals surface area contributed by atoms with Crippen molar-refractivity contribution in [2.24, 2.45) is 11.8 Å². The number of ether oxygens (including phenoxy) is 1. The van der Waals surface area contributed by atoms with Gasteiger partial charge in [-0.1, -0.05) is 37.3 Å². The zero-order valence-electron chi connectivity index (χ0n) is 21.4. The van der Waals surface area contributed by atoms with Gasteiger partial charge in [0, 0.05) is 32.7 Å². The number of likely N-dealkylation sites (tertiary alicyclic amines) is 1. The predicted octanol–water partition coefficient (Wildman–Crippen LogP) is 1.81. The maximum absolute atomic E-state index is 13.4. The summed E-state index contributed by atoms with van der Waals surface area (Å²) in [5.74, 6) is -0.250. The molecule has 1 aromatic heterocycles. The van der Waals surface area contributed by atoms with Crippen LogP contribution in [0.2, 0.25) is 0 Å². The van der Waals surface area contributed by atoms with Crippen molar-refractivity contribution in [2.75, 3.05) is 46.8 Å². The van der Waals surface area contributed by atoms with Crippen molar-refractivity contribution in [2.45, 2.75) is 33.0 Å². The van der Waals surface area contributed by atoms with Gasteiger partial charge in [-0.05, 0) is 38.1 Å². The first-order chi connectivity index (χ1) is 17.3. The second-order valence-corrected chi connectivity index (χ2v) is 10.0. The van der Waals surface area contributed by atoms with Gasteiger partial charge in [0.05, 0.1) is 24.7 Å². The summed E-state index contributed by atoms with van der Waals surface area (Å²) in [6, 6.07) is 11.3. The average molecular weight is 497 g/mol. The molecule has 2 aliphatic rings. The quantitative estimate of drug-likeness (QED) is 0.628. The van der Waals surface area contributed by atoms with Crippen LogP contribution in [0.15, 0.2) is 36.4 Å². The zero-order valence-corrected chi connectivity index (χ0v) is 21.4. The summed E-state index contributed by atoms with van der Waals surface area (Å²) in [5.41, 5.74) is 2.14. The van der Waals surface area contributed by atoms with Gasteiger partial charge in [0.25, 0.3) is 5.91 Å². The van der Waals surface area contributed by atoms with E-state index in [1.165, 1.54) is 0 Å². The third-order valence-electron chi connectivity index (χ3n) is 6.66. The van der Waals surface area contributed by atoms with Crippen LogP contribution in [-0.2, 0) is 29.2 Å². The van der Waals surface area contributed by atoms with E-state index in [-0.39, 0.29) is 36.4 Å². The molecule has 4 rings (SSSR count). The summed E-state index contributed by atoms with van der Waals surface area (Å²) in [5, 5.41) is 7.31. The third kappa shape index (κ3) is 6.42. The van der Waals surface area contributed by atoms with E-state index in [0.29, 0.717) is 45.0 Å². The summed E-state index contributed by atoms with van der Waals surface area (Å²) in [4.78, 5) is 44.1. The maximum atomic E-state index is 13.4. The number of hydrogen-bond donors (Lipinski definition) is 1. The van der Waals surface area contributed by atoms with E-state index in [9.17, 15) is 14.4 Å². The third-order valence-corrected chi connectivity index (χ3v) is 6.66. The van der Waals surface area contributed by atoms with E-state index in [0.717, 1.165) is 24.2 Å². The number of carbonyl (C=O) groups is 3. The van der Waals surface area contributed by atoms with Crippen molar-refractivity contribution >= 4 is 17.9 Å². The lowest BCUT2D eigenvalue weighted by Crippen LogP contribution is -2.50. The Balaban J connectivity index is 1.33. The van der Waals surface area contributed by atoms with E-state index >= 15 is 0 Å². The Morgan fingerprint density at radius 1 is 1.11 bits per heavy atom. The molecular formula is C26H36N6O4. The van der Waals surface area contributed by atoms with Gasteiger partial charge in [-0.3, -0.25) is 14.3 Å². The van der Waals surface area contributed by atoms with E-state index < -0.39 is 0 Å². The second kappa shape index (κ2) is 11.6. The highest BCUT2D eigenvalue weighted by Crippen LogP contribution is 2.26. The minimum absolute atomic E-state index is 0.0341. The van der Waals surface area contributed by atoms with Crippen LogP contribution in [0.3, 0.4) is 0 Å². The van der Waals surface area contributed by atoms with Crippen LogP contribution in [0.5, 0.6) is 0 Å². The molecule has 194 valence electrons. The van der Waals surface area contributed by atoms with Crippen molar-refractivity contribution in [3.05, 3.63) is 53.3 Å². The van der Waals surface area contributed by atoms with Crippen molar-refractivity contribution in [3.8, 4) is 0 Å². The molecule has 0 bridgehead atoms. The SMILES string of the molecule is CC1CC(C(=O)N2CCn3nc(C(=O)NCCN(C)C)cc3C2)CN(C(=O)OCc2ccccc2)C1. The number of amides is 3. The van der Waals surface area contributed by atoms with Gasteiger partial charge < -0.3 is 24.8 Å². The van der Waals surface area contributed by atoms with Gasteiger partial charge in [0.2, 0.25) is 5.91 Å². The molecule has 3 amide bonds. The molecule has 2 atom stereocenters. The first-order valence-corrected chi connectivity index (χ1v) is 12.5. The lowest BCUT2D eigenvalue weighted by Gasteiger charge is -2.38. The van der Waals surface area contributed by atoms with Gasteiger partial charge in [-0.15, -0.1) is 0 Å². The van der Waals surface area contributed by atoms with Crippen molar-refractivity contribution in [1.82, 2.24) is 29.8 Å². The number of likely N-dealkylation sites (N-methyl/N-ethyl adjacent to an activating group) is 1. The van der Waals surface area contributed by atoms with Crippen molar-refractivity contribution in [3.63, 3.8) is 0 Å². The molecule has 2 aromatic rings. The molecule has 10 heteroatoms. The number of aromatic nitrogens is 2. The number of nitrogens with one attached hydrogen (secondary N) is 1. The Morgan fingerprint density at radius 3 is 2.64 bits per heavy atom. The Hall–Kier alpha value is -3.40. The van der Waals surface area contributed by atoms with E-state index in [2.05, 4.69) is 17.3 Å². The van der Waals surface area contributed by atoms with Crippen LogP contribution >= 0.6 is 0 Å². The van der Waals surface area contributed by atoms with Crippen molar-refractivity contribution in [1.29, 1.82) is 0 Å². The van der Waals surface area contributed by atoms with E-state index in [1.807, 2.05) is 54.2 Å². The summed E-state index contributed by atoms with van der Waals surface area (Å²) in [6.07, 6.45) is 0.348. The second-order valence-electron chi connectivity index (χ2n) is 10.0. The minimum Gasteiger partial charge on any atom is -0.445 e. The molecule has 1 saturated heterocycles. The average Bonchev–Trinajstić information content (AvgIpc) is 3.30. The fourth-order valence-electron chi connectivity index (χ4n) is 4.80. The normalized spacial score (nSPS) is 19.7. The van der Waals surface area contributed by atoms with Gasteiger partial charge in [0.15, 0.2) is 5.69 Å². The van der Waals surface area contributed by atoms with E-state index in [1.54, 1.807) is 15.6 Å². The van der Waals surface area contributed by atoms with Crippen LogP contribution in [0, 0.1) is 11.8 Å². The van der Waals surface area contributed by atoms with Crippen molar-refractivity contribution < 1.29 is 19.1 Å². The molecule has 0 aliphatic carbocycles. The largest absolute Gasteiger partial charge is 0.445 e. The number of fused-ring (bicyclic) bond motifs is 1. The minimum atomic E-state index is -0.384. The fourth-order valence-corrected chi connectivity index (χ4v) is 4.80. The lowest BCUT2D eigenvalue weighted by atomic mass is 9.89. The molecule has 36 heavy (non-hydrogen) atoms. The first-order valence-electron chi connectivity index (χ1n) is 12.5. The number of hydrogen-bond acceptors (Lipinski definition) is 6. The van der Waals surface area contributed by atoms with Crippen LogP contribution < -0.4 is 5.32 Å². The van der Waals surface area contributed by atoms with Crippen LogP contribution in [0.25, 0.3) is 0 Å².